The van der Waals surface area contributed by atoms with Crippen molar-refractivity contribution in [2.24, 2.45) is 0 Å². The second-order valence-electron chi connectivity index (χ2n) is 3.17. The van der Waals surface area contributed by atoms with Gasteiger partial charge >= 0.3 is 0 Å². The molecule has 0 aromatic rings. The summed E-state index contributed by atoms with van der Waals surface area (Å²) in [5.74, 6) is -0.239. The SMILES string of the molecule is C[C@@H](O)C(=O)NC1CCCC1. The van der Waals surface area contributed by atoms with Gasteiger partial charge in [-0.1, -0.05) is 12.8 Å². The van der Waals surface area contributed by atoms with Crippen LogP contribution < -0.4 is 5.32 Å². The average molecular weight is 157 g/mol. The average Bonchev–Trinajstić information content (AvgIpc) is 2.39. The second kappa shape index (κ2) is 3.72. The molecule has 1 fully saturated rings. The van der Waals surface area contributed by atoms with Crippen molar-refractivity contribution in [2.45, 2.75) is 44.8 Å². The van der Waals surface area contributed by atoms with Crippen LogP contribution in [0.4, 0.5) is 0 Å². The molecular weight excluding hydrogens is 142 g/mol. The minimum absolute atomic E-state index is 0.239. The lowest BCUT2D eigenvalue weighted by molar-refractivity contribution is -0.129. The molecule has 0 aromatic heterocycles. The van der Waals surface area contributed by atoms with E-state index in [-0.39, 0.29) is 5.91 Å². The van der Waals surface area contributed by atoms with Crippen LogP contribution in [0.5, 0.6) is 0 Å². The van der Waals surface area contributed by atoms with Crippen LogP contribution in [0.2, 0.25) is 0 Å². The maximum atomic E-state index is 10.9. The van der Waals surface area contributed by atoms with Crippen LogP contribution in [-0.4, -0.2) is 23.2 Å². The van der Waals surface area contributed by atoms with Gasteiger partial charge in [-0.25, -0.2) is 0 Å². The molecule has 0 heterocycles. The molecule has 3 heteroatoms. The Hall–Kier alpha value is -0.570. The highest BCUT2D eigenvalue weighted by Gasteiger charge is 2.18. The molecule has 0 radical (unpaired) electrons. The molecule has 2 N–H and O–H groups in total. The lowest BCUT2D eigenvalue weighted by atomic mass is 10.2. The number of nitrogens with one attached hydrogen (secondary N) is 1. The van der Waals surface area contributed by atoms with E-state index in [2.05, 4.69) is 5.32 Å². The van der Waals surface area contributed by atoms with E-state index < -0.39 is 6.10 Å². The number of carbonyl (C=O) groups excluding carboxylic acids is 1. The first kappa shape index (κ1) is 8.53. The standard InChI is InChI=1S/C8H15NO2/c1-6(10)8(11)9-7-4-2-3-5-7/h6-7,10H,2-5H2,1H3,(H,9,11)/t6-/m1/s1. The van der Waals surface area contributed by atoms with Gasteiger partial charge in [0.15, 0.2) is 0 Å². The molecule has 0 bridgehead atoms. The van der Waals surface area contributed by atoms with Gasteiger partial charge < -0.3 is 10.4 Å². The number of aliphatic hydroxyl groups excluding tert-OH is 1. The summed E-state index contributed by atoms with van der Waals surface area (Å²) in [6.45, 7) is 1.49. The van der Waals surface area contributed by atoms with Crippen LogP contribution in [0.1, 0.15) is 32.6 Å². The van der Waals surface area contributed by atoms with Gasteiger partial charge in [-0.05, 0) is 19.8 Å². The maximum Gasteiger partial charge on any atom is 0.248 e. The summed E-state index contributed by atoms with van der Waals surface area (Å²) < 4.78 is 0. The molecule has 0 saturated heterocycles. The van der Waals surface area contributed by atoms with E-state index in [1.54, 1.807) is 0 Å². The number of aliphatic hydroxyl groups is 1. The van der Waals surface area contributed by atoms with E-state index in [1.165, 1.54) is 19.8 Å². The van der Waals surface area contributed by atoms with Gasteiger partial charge in [-0.2, -0.15) is 0 Å². The van der Waals surface area contributed by atoms with Crippen LogP contribution >= 0.6 is 0 Å². The van der Waals surface area contributed by atoms with E-state index >= 15 is 0 Å². The summed E-state index contributed by atoms with van der Waals surface area (Å²) in [5, 5.41) is 11.7. The zero-order chi connectivity index (χ0) is 8.27. The van der Waals surface area contributed by atoms with Crippen molar-refractivity contribution < 1.29 is 9.90 Å². The lowest BCUT2D eigenvalue weighted by Gasteiger charge is -2.12. The van der Waals surface area contributed by atoms with Crippen molar-refractivity contribution in [3.63, 3.8) is 0 Å². The highest BCUT2D eigenvalue weighted by Crippen LogP contribution is 2.17. The Morgan fingerprint density at radius 3 is 2.55 bits per heavy atom. The minimum Gasteiger partial charge on any atom is -0.384 e. The van der Waals surface area contributed by atoms with E-state index in [1.807, 2.05) is 0 Å². The summed E-state index contributed by atoms with van der Waals surface area (Å²) in [4.78, 5) is 10.9. The van der Waals surface area contributed by atoms with Gasteiger partial charge in [-0.3, -0.25) is 4.79 Å². The third-order valence-corrected chi connectivity index (χ3v) is 2.08. The Morgan fingerprint density at radius 2 is 2.09 bits per heavy atom. The summed E-state index contributed by atoms with van der Waals surface area (Å²) in [5.41, 5.74) is 0. The van der Waals surface area contributed by atoms with Crippen LogP contribution in [0.3, 0.4) is 0 Å². The van der Waals surface area contributed by atoms with Gasteiger partial charge in [0, 0.05) is 6.04 Å². The zero-order valence-electron chi connectivity index (χ0n) is 6.84. The second-order valence-corrected chi connectivity index (χ2v) is 3.17. The third-order valence-electron chi connectivity index (χ3n) is 2.08. The molecule has 0 unspecified atom stereocenters. The smallest absolute Gasteiger partial charge is 0.248 e. The Kier molecular flexibility index (Phi) is 2.88. The van der Waals surface area contributed by atoms with Crippen LogP contribution in [-0.2, 0) is 4.79 Å². The lowest BCUT2D eigenvalue weighted by Crippen LogP contribution is -2.38. The van der Waals surface area contributed by atoms with Crippen molar-refractivity contribution in [2.75, 3.05) is 0 Å². The Labute approximate surface area is 66.8 Å². The zero-order valence-corrected chi connectivity index (χ0v) is 6.84. The first-order valence-electron chi connectivity index (χ1n) is 4.18. The molecule has 1 atom stereocenters. The molecule has 0 spiro atoms. The van der Waals surface area contributed by atoms with Gasteiger partial charge in [-0.15, -0.1) is 0 Å². The molecule has 64 valence electrons. The van der Waals surface area contributed by atoms with Crippen LogP contribution in [0, 0.1) is 0 Å². The first-order valence-corrected chi connectivity index (χ1v) is 4.18. The molecule has 1 amide bonds. The summed E-state index contributed by atoms with van der Waals surface area (Å²) >= 11 is 0. The Balaban J connectivity index is 2.24. The molecule has 0 aromatic carbocycles. The first-order chi connectivity index (χ1) is 5.20. The summed E-state index contributed by atoms with van der Waals surface area (Å²) in [6, 6.07) is 0.317. The summed E-state index contributed by atoms with van der Waals surface area (Å²) in [7, 11) is 0. The minimum atomic E-state index is -0.865. The van der Waals surface area contributed by atoms with Gasteiger partial charge in [0.05, 0.1) is 0 Å². The highest BCUT2D eigenvalue weighted by molar-refractivity contribution is 5.80. The Bertz CT molecular complexity index is 139. The molecule has 3 nitrogen and oxygen atoms in total. The normalized spacial score (nSPS) is 21.6. The molecular formula is C8H15NO2. The predicted octanol–water partition coefficient (Wildman–Crippen LogP) is 0.426. The van der Waals surface area contributed by atoms with Crippen molar-refractivity contribution in [3.05, 3.63) is 0 Å². The van der Waals surface area contributed by atoms with Gasteiger partial charge in [0.2, 0.25) is 5.91 Å². The van der Waals surface area contributed by atoms with E-state index in [0.29, 0.717) is 6.04 Å². The van der Waals surface area contributed by atoms with Gasteiger partial charge in [0.25, 0.3) is 0 Å². The fourth-order valence-electron chi connectivity index (χ4n) is 1.39. The van der Waals surface area contributed by atoms with Crippen molar-refractivity contribution in [1.82, 2.24) is 5.32 Å². The highest BCUT2D eigenvalue weighted by atomic mass is 16.3. The summed E-state index contributed by atoms with van der Waals surface area (Å²) in [6.07, 6.45) is 3.67. The number of hydrogen-bond acceptors (Lipinski definition) is 2. The monoisotopic (exact) mass is 157 g/mol. The van der Waals surface area contributed by atoms with Crippen molar-refractivity contribution in [3.8, 4) is 0 Å². The van der Waals surface area contributed by atoms with E-state index in [4.69, 9.17) is 5.11 Å². The van der Waals surface area contributed by atoms with Crippen LogP contribution in [0.25, 0.3) is 0 Å². The molecule has 1 saturated carbocycles. The van der Waals surface area contributed by atoms with Crippen molar-refractivity contribution >= 4 is 5.91 Å². The quantitative estimate of drug-likeness (QED) is 0.610. The van der Waals surface area contributed by atoms with Gasteiger partial charge in [0.1, 0.15) is 6.10 Å². The fraction of sp³-hybridized carbons (Fsp3) is 0.875. The molecule has 0 aliphatic heterocycles. The third kappa shape index (κ3) is 2.50. The number of carbonyl (C=O) groups is 1. The topological polar surface area (TPSA) is 49.3 Å². The molecule has 1 aliphatic rings. The number of hydrogen-bond donors (Lipinski definition) is 2. The largest absolute Gasteiger partial charge is 0.384 e. The van der Waals surface area contributed by atoms with Crippen LogP contribution in [0.15, 0.2) is 0 Å². The Morgan fingerprint density at radius 1 is 1.55 bits per heavy atom. The molecule has 1 rings (SSSR count). The number of rotatable bonds is 2. The van der Waals surface area contributed by atoms with E-state index in [9.17, 15) is 4.79 Å². The predicted molar refractivity (Wildman–Crippen MR) is 42.1 cm³/mol. The fourth-order valence-corrected chi connectivity index (χ4v) is 1.39. The van der Waals surface area contributed by atoms with Crippen molar-refractivity contribution in [1.29, 1.82) is 0 Å². The number of amides is 1. The molecule has 11 heavy (non-hydrogen) atoms. The van der Waals surface area contributed by atoms with E-state index in [0.717, 1.165) is 12.8 Å². The maximum absolute atomic E-state index is 10.9. The molecule has 1 aliphatic carbocycles.